The van der Waals surface area contributed by atoms with Gasteiger partial charge in [-0.3, -0.25) is 4.90 Å². The van der Waals surface area contributed by atoms with Gasteiger partial charge in [0.25, 0.3) is 0 Å². The molecule has 28 heavy (non-hydrogen) atoms. The summed E-state index contributed by atoms with van der Waals surface area (Å²) in [5.74, 6) is 0. The van der Waals surface area contributed by atoms with E-state index in [2.05, 4.69) is 26.8 Å². The minimum atomic E-state index is -4.37. The summed E-state index contributed by atoms with van der Waals surface area (Å²) < 4.78 is 40.6. The van der Waals surface area contributed by atoms with E-state index in [4.69, 9.17) is 11.6 Å². The normalized spacial score (nSPS) is 17.5. The van der Waals surface area contributed by atoms with E-state index in [-0.39, 0.29) is 10.7 Å². The lowest BCUT2D eigenvalue weighted by atomic mass is 10.1. The zero-order chi connectivity index (χ0) is 19.9. The number of likely N-dealkylation sites (N-methyl/N-ethyl adjacent to an activating group) is 1. The number of aromatic nitrogens is 3. The average Bonchev–Trinajstić information content (AvgIpc) is 2.77. The molecule has 4 rings (SSSR count). The summed E-state index contributed by atoms with van der Waals surface area (Å²) in [6, 6.07) is 5.56. The molecule has 0 amide bonds. The van der Waals surface area contributed by atoms with Crippen LogP contribution in [-0.2, 0) is 13.1 Å². The van der Waals surface area contributed by atoms with Crippen molar-refractivity contribution in [3.05, 3.63) is 35.2 Å². The summed E-state index contributed by atoms with van der Waals surface area (Å²) in [5, 5.41) is 0.704. The summed E-state index contributed by atoms with van der Waals surface area (Å²) in [6.45, 7) is 3.70. The van der Waals surface area contributed by atoms with Crippen LogP contribution in [-0.4, -0.2) is 63.7 Å². The first-order valence-electron chi connectivity index (χ1n) is 9.21. The van der Waals surface area contributed by atoms with E-state index in [1.54, 1.807) is 6.07 Å². The molecule has 9 heteroatoms. The molecule has 0 saturated carbocycles. The molecule has 0 atom stereocenters. The highest BCUT2D eigenvalue weighted by molar-refractivity contribution is 6.34. The fourth-order valence-electron chi connectivity index (χ4n) is 3.88. The van der Waals surface area contributed by atoms with Crippen molar-refractivity contribution in [1.82, 2.24) is 24.3 Å². The second kappa shape index (κ2) is 7.50. The van der Waals surface area contributed by atoms with Gasteiger partial charge in [0.2, 0.25) is 0 Å². The Balaban J connectivity index is 1.75. The highest BCUT2D eigenvalue weighted by atomic mass is 35.5. The monoisotopic (exact) mass is 411 g/mol. The standard InChI is InChI=1S/C19H21ClF3N5/c1-26-5-2-6-27(8-7-26)10-13-3-4-15-14(9-13)16-17(18(20)25-12-24-16)28(15)11-19(21,22)23/h3-4,9,12H,2,5-8,10-11H2,1H3. The predicted octanol–water partition coefficient (Wildman–Crippen LogP) is 3.94. The van der Waals surface area contributed by atoms with Crippen LogP contribution in [0.4, 0.5) is 13.2 Å². The van der Waals surface area contributed by atoms with E-state index in [0.29, 0.717) is 16.4 Å². The Bertz CT molecular complexity index is 1000. The van der Waals surface area contributed by atoms with Gasteiger partial charge < -0.3 is 9.47 Å². The highest BCUT2D eigenvalue weighted by Crippen LogP contribution is 2.34. The maximum Gasteiger partial charge on any atom is 0.406 e. The lowest BCUT2D eigenvalue weighted by molar-refractivity contribution is -0.139. The second-order valence-corrected chi connectivity index (χ2v) is 7.71. The Hall–Kier alpha value is -1.90. The number of fused-ring (bicyclic) bond motifs is 3. The number of halogens is 4. The Morgan fingerprint density at radius 2 is 1.93 bits per heavy atom. The SMILES string of the molecule is CN1CCCN(Cc2ccc3c(c2)c2ncnc(Cl)c2n3CC(F)(F)F)CC1. The van der Waals surface area contributed by atoms with Crippen molar-refractivity contribution in [2.75, 3.05) is 33.2 Å². The first kappa shape index (κ1) is 19.4. The Kier molecular flexibility index (Phi) is 5.20. The summed E-state index contributed by atoms with van der Waals surface area (Å²) in [6.07, 6.45) is -1.97. The lowest BCUT2D eigenvalue weighted by Crippen LogP contribution is -2.28. The van der Waals surface area contributed by atoms with Gasteiger partial charge in [0, 0.05) is 25.0 Å². The van der Waals surface area contributed by atoms with E-state index < -0.39 is 12.7 Å². The molecule has 150 valence electrons. The molecule has 2 aromatic heterocycles. The van der Waals surface area contributed by atoms with Crippen LogP contribution < -0.4 is 0 Å². The van der Waals surface area contributed by atoms with Crippen LogP contribution in [0, 0.1) is 0 Å². The third kappa shape index (κ3) is 3.94. The summed E-state index contributed by atoms with van der Waals surface area (Å²) >= 11 is 6.14. The molecular weight excluding hydrogens is 391 g/mol. The molecule has 1 aromatic carbocycles. The Morgan fingerprint density at radius 3 is 2.71 bits per heavy atom. The maximum absolute atomic E-state index is 13.1. The summed E-state index contributed by atoms with van der Waals surface area (Å²) in [4.78, 5) is 12.8. The van der Waals surface area contributed by atoms with Crippen LogP contribution in [0.3, 0.4) is 0 Å². The first-order chi connectivity index (χ1) is 13.3. The minimum absolute atomic E-state index is 0.0301. The molecular formula is C19H21ClF3N5. The average molecular weight is 412 g/mol. The van der Waals surface area contributed by atoms with Crippen molar-refractivity contribution >= 4 is 33.5 Å². The quantitative estimate of drug-likeness (QED) is 0.612. The molecule has 0 aliphatic carbocycles. The molecule has 1 fully saturated rings. The zero-order valence-electron chi connectivity index (χ0n) is 15.5. The van der Waals surface area contributed by atoms with Crippen LogP contribution in [0.25, 0.3) is 21.9 Å². The third-order valence-corrected chi connectivity index (χ3v) is 5.49. The topological polar surface area (TPSA) is 37.2 Å². The van der Waals surface area contributed by atoms with Crippen molar-refractivity contribution in [2.24, 2.45) is 0 Å². The van der Waals surface area contributed by atoms with Gasteiger partial charge in [0.05, 0.1) is 5.52 Å². The van der Waals surface area contributed by atoms with E-state index in [1.165, 1.54) is 6.33 Å². The largest absolute Gasteiger partial charge is 0.406 e. The van der Waals surface area contributed by atoms with E-state index in [0.717, 1.165) is 49.3 Å². The lowest BCUT2D eigenvalue weighted by Gasteiger charge is -2.20. The van der Waals surface area contributed by atoms with Gasteiger partial charge >= 0.3 is 6.18 Å². The molecule has 5 nitrogen and oxygen atoms in total. The molecule has 1 aliphatic rings. The predicted molar refractivity (Wildman–Crippen MR) is 103 cm³/mol. The molecule has 0 unspecified atom stereocenters. The molecule has 3 heterocycles. The number of nitrogens with zero attached hydrogens (tertiary/aromatic N) is 5. The maximum atomic E-state index is 13.1. The van der Waals surface area contributed by atoms with Crippen molar-refractivity contribution in [3.63, 3.8) is 0 Å². The number of alkyl halides is 3. The Morgan fingerprint density at radius 1 is 1.11 bits per heavy atom. The van der Waals surface area contributed by atoms with Crippen molar-refractivity contribution < 1.29 is 13.2 Å². The molecule has 0 bridgehead atoms. The number of rotatable bonds is 3. The molecule has 0 radical (unpaired) electrons. The van der Waals surface area contributed by atoms with Gasteiger partial charge in [-0.25, -0.2) is 9.97 Å². The molecule has 0 N–H and O–H groups in total. The first-order valence-corrected chi connectivity index (χ1v) is 9.58. The van der Waals surface area contributed by atoms with Crippen LogP contribution in [0.5, 0.6) is 0 Å². The summed E-state index contributed by atoms with van der Waals surface area (Å²) in [5.41, 5.74) is 2.20. The third-order valence-electron chi connectivity index (χ3n) is 5.21. The van der Waals surface area contributed by atoms with Crippen molar-refractivity contribution in [1.29, 1.82) is 0 Å². The van der Waals surface area contributed by atoms with E-state index in [1.807, 2.05) is 12.1 Å². The molecule has 1 saturated heterocycles. The fraction of sp³-hybridized carbons (Fsp3) is 0.474. The van der Waals surface area contributed by atoms with Gasteiger partial charge in [-0.15, -0.1) is 0 Å². The number of hydrogen-bond acceptors (Lipinski definition) is 4. The van der Waals surface area contributed by atoms with Crippen LogP contribution in [0.1, 0.15) is 12.0 Å². The molecule has 3 aromatic rings. The molecule has 1 aliphatic heterocycles. The highest BCUT2D eigenvalue weighted by Gasteiger charge is 2.30. The summed E-state index contributed by atoms with van der Waals surface area (Å²) in [7, 11) is 2.12. The number of benzene rings is 1. The van der Waals surface area contributed by atoms with Gasteiger partial charge in [-0.1, -0.05) is 17.7 Å². The van der Waals surface area contributed by atoms with Crippen LogP contribution in [0.15, 0.2) is 24.5 Å². The van der Waals surface area contributed by atoms with Gasteiger partial charge in [0.15, 0.2) is 5.15 Å². The fourth-order valence-corrected chi connectivity index (χ4v) is 4.12. The van der Waals surface area contributed by atoms with Gasteiger partial charge in [-0.2, -0.15) is 13.2 Å². The zero-order valence-corrected chi connectivity index (χ0v) is 16.3. The van der Waals surface area contributed by atoms with Crippen LogP contribution in [0.2, 0.25) is 5.15 Å². The smallest absolute Gasteiger partial charge is 0.327 e. The van der Waals surface area contributed by atoms with E-state index >= 15 is 0 Å². The minimum Gasteiger partial charge on any atom is -0.327 e. The van der Waals surface area contributed by atoms with E-state index in [9.17, 15) is 13.2 Å². The molecule has 0 spiro atoms. The second-order valence-electron chi connectivity index (χ2n) is 7.35. The number of hydrogen-bond donors (Lipinski definition) is 0. The van der Waals surface area contributed by atoms with Crippen molar-refractivity contribution in [2.45, 2.75) is 25.7 Å². The Labute approximate surface area is 165 Å². The van der Waals surface area contributed by atoms with Gasteiger partial charge in [-0.05, 0) is 44.3 Å². The van der Waals surface area contributed by atoms with Gasteiger partial charge in [0.1, 0.15) is 23.9 Å². The van der Waals surface area contributed by atoms with Crippen molar-refractivity contribution in [3.8, 4) is 0 Å². The van der Waals surface area contributed by atoms with Crippen LogP contribution >= 0.6 is 11.6 Å².